The van der Waals surface area contributed by atoms with Gasteiger partial charge in [-0.15, -0.1) is 0 Å². The molecule has 1 aromatic carbocycles. The first-order chi connectivity index (χ1) is 37.8. The number of alkyl carbamates (subject to hydrolysis) is 1. The molecular weight excluding hydrogens is 1030 g/mol. The highest BCUT2D eigenvalue weighted by molar-refractivity contribution is 5.95. The second-order valence-corrected chi connectivity index (χ2v) is 26.2. The number of aliphatic hydroxyl groups is 1. The summed E-state index contributed by atoms with van der Waals surface area (Å²) in [6, 6.07) is 6.57. The number of allylic oxidation sites excluding steroid dienone is 1. The van der Waals surface area contributed by atoms with E-state index in [4.69, 9.17) is 18.9 Å². The Morgan fingerprint density at radius 1 is 0.790 bits per heavy atom. The fraction of sp³-hybridized carbons (Fsp3) is 0.726. The first-order valence-electron chi connectivity index (χ1n) is 29.4. The van der Waals surface area contributed by atoms with E-state index in [9.17, 15) is 38.7 Å². The van der Waals surface area contributed by atoms with Crippen LogP contribution in [0.25, 0.3) is 0 Å². The van der Waals surface area contributed by atoms with Crippen molar-refractivity contribution in [2.45, 2.75) is 221 Å². The van der Waals surface area contributed by atoms with Crippen LogP contribution in [-0.4, -0.2) is 140 Å². The topological polar surface area (TPSA) is 267 Å². The Morgan fingerprint density at radius 3 is 1.98 bits per heavy atom. The SMILES string of the molecule is COC1C(OC(=O)NC2CCC(NC(=O)CNC(=O)[C@H](CC(C)C)NC(=O)[C@H](Cc3ccccc3)NC(=O)CNC(=O)C(C)(C)/C(C)=C/C(C)(CC(C)(C)C(C)C)C(=O)NCC(C)O)CC2)CC[C@]2(CO2)C1C1(C)O[C@@H]1CC=C(C)C. The van der Waals surface area contributed by atoms with Gasteiger partial charge in [0.15, 0.2) is 0 Å². The zero-order valence-corrected chi connectivity index (χ0v) is 51.2. The number of rotatable bonds is 28. The van der Waals surface area contributed by atoms with Gasteiger partial charge in [0.1, 0.15) is 35.5 Å². The smallest absolute Gasteiger partial charge is 0.407 e. The second-order valence-electron chi connectivity index (χ2n) is 26.2. The number of methoxy groups -OCH3 is 1. The molecule has 0 aromatic heterocycles. The molecule has 2 aliphatic carbocycles. The number of carbonyl (C=O) groups excluding carboxylic acids is 7. The number of benzene rings is 1. The first-order valence-corrected chi connectivity index (χ1v) is 29.4. The van der Waals surface area contributed by atoms with E-state index in [0.717, 1.165) is 18.4 Å². The number of carbonyl (C=O) groups is 7. The third-order valence-corrected chi connectivity index (χ3v) is 17.6. The number of aliphatic hydroxyl groups excluding tert-OH is 1. The van der Waals surface area contributed by atoms with Crippen LogP contribution < -0.4 is 37.2 Å². The van der Waals surface area contributed by atoms with E-state index in [0.29, 0.717) is 50.7 Å². The monoisotopic (exact) mass is 1130 g/mol. The van der Waals surface area contributed by atoms with Gasteiger partial charge < -0.3 is 61.3 Å². The van der Waals surface area contributed by atoms with E-state index in [2.05, 4.69) is 91.8 Å². The fourth-order valence-electron chi connectivity index (χ4n) is 11.6. The van der Waals surface area contributed by atoms with Gasteiger partial charge in [-0.3, -0.25) is 28.8 Å². The Hall–Kier alpha value is -5.37. The van der Waals surface area contributed by atoms with Gasteiger partial charge in [-0.05, 0) is 136 Å². The summed E-state index contributed by atoms with van der Waals surface area (Å²) in [4.78, 5) is 95.8. The number of hydrogen-bond acceptors (Lipinski definition) is 12. The number of nitrogens with one attached hydrogen (secondary N) is 7. The predicted octanol–water partition coefficient (Wildman–Crippen LogP) is 6.26. The van der Waals surface area contributed by atoms with Crippen molar-refractivity contribution in [3.63, 3.8) is 0 Å². The van der Waals surface area contributed by atoms with Crippen LogP contribution in [0.1, 0.15) is 160 Å². The molecule has 7 amide bonds. The molecule has 19 nitrogen and oxygen atoms in total. The van der Waals surface area contributed by atoms with E-state index >= 15 is 0 Å². The van der Waals surface area contributed by atoms with Crippen molar-refractivity contribution in [3.05, 3.63) is 59.2 Å². The molecule has 81 heavy (non-hydrogen) atoms. The van der Waals surface area contributed by atoms with Gasteiger partial charge in [0.25, 0.3) is 0 Å². The highest BCUT2D eigenvalue weighted by atomic mass is 16.6. The zero-order valence-electron chi connectivity index (χ0n) is 51.2. The van der Waals surface area contributed by atoms with Crippen LogP contribution in [0.15, 0.2) is 53.6 Å². The van der Waals surface area contributed by atoms with Crippen molar-refractivity contribution in [3.8, 4) is 0 Å². The molecule has 5 rings (SSSR count). The lowest BCUT2D eigenvalue weighted by Crippen LogP contribution is -2.56. The maximum absolute atomic E-state index is 14.1. The summed E-state index contributed by atoms with van der Waals surface area (Å²) in [5.41, 5.74) is -0.658. The summed E-state index contributed by atoms with van der Waals surface area (Å²) in [6.45, 7) is 27.0. The maximum Gasteiger partial charge on any atom is 0.407 e. The molecule has 2 heterocycles. The third-order valence-electron chi connectivity index (χ3n) is 17.6. The van der Waals surface area contributed by atoms with Gasteiger partial charge >= 0.3 is 6.09 Å². The number of epoxide rings is 2. The van der Waals surface area contributed by atoms with Gasteiger partial charge in [-0.1, -0.05) is 95.2 Å². The van der Waals surface area contributed by atoms with Crippen molar-refractivity contribution in [1.82, 2.24) is 37.2 Å². The molecule has 6 unspecified atom stereocenters. The van der Waals surface area contributed by atoms with Crippen LogP contribution in [0, 0.1) is 34.0 Å². The average molecular weight is 1130 g/mol. The van der Waals surface area contributed by atoms with Crippen molar-refractivity contribution < 1.29 is 57.6 Å². The molecule has 10 atom stereocenters. The average Bonchev–Trinajstić information content (AvgIpc) is 2.95. The van der Waals surface area contributed by atoms with Crippen LogP contribution in [0.4, 0.5) is 4.79 Å². The normalized spacial score (nSPS) is 26.4. The minimum absolute atomic E-state index is 0.0380. The zero-order chi connectivity index (χ0) is 60.3. The first kappa shape index (κ1) is 66.4. The Balaban J connectivity index is 1.12. The second kappa shape index (κ2) is 28.3. The predicted molar refractivity (Wildman–Crippen MR) is 310 cm³/mol. The molecule has 0 radical (unpaired) electrons. The fourth-order valence-corrected chi connectivity index (χ4v) is 11.6. The Morgan fingerprint density at radius 2 is 1.41 bits per heavy atom. The number of ether oxygens (including phenoxy) is 4. The molecule has 4 aliphatic rings. The summed E-state index contributed by atoms with van der Waals surface area (Å²) in [5.74, 6) is -2.85. The summed E-state index contributed by atoms with van der Waals surface area (Å²) >= 11 is 0. The Kier molecular flexibility index (Phi) is 23.2. The summed E-state index contributed by atoms with van der Waals surface area (Å²) in [7, 11) is 1.65. The minimum atomic E-state index is -1.16. The Bertz CT molecular complexity index is 2410. The van der Waals surface area contributed by atoms with E-state index < -0.39 is 89.0 Å². The molecule has 4 fully saturated rings. The molecule has 1 aromatic rings. The maximum atomic E-state index is 14.1. The molecule has 1 spiro atoms. The van der Waals surface area contributed by atoms with Gasteiger partial charge in [-0.25, -0.2) is 4.79 Å². The van der Waals surface area contributed by atoms with Crippen molar-refractivity contribution in [2.24, 2.45) is 34.0 Å². The largest absolute Gasteiger partial charge is 0.443 e. The van der Waals surface area contributed by atoms with E-state index in [1.165, 1.54) is 5.57 Å². The molecule has 19 heteroatoms. The molecule has 2 saturated carbocycles. The molecule has 0 bridgehead atoms. The van der Waals surface area contributed by atoms with E-state index in [1.54, 1.807) is 34.8 Å². The minimum Gasteiger partial charge on any atom is -0.443 e. The van der Waals surface area contributed by atoms with Crippen LogP contribution in [0.3, 0.4) is 0 Å². The molecular formula is C62H99N7O12. The molecule has 8 N–H and O–H groups in total. The summed E-state index contributed by atoms with van der Waals surface area (Å²) in [5, 5.41) is 29.8. The van der Waals surface area contributed by atoms with Crippen molar-refractivity contribution in [1.29, 1.82) is 0 Å². The molecule has 2 aliphatic heterocycles. The van der Waals surface area contributed by atoms with Gasteiger partial charge in [0, 0.05) is 32.2 Å². The third kappa shape index (κ3) is 18.6. The van der Waals surface area contributed by atoms with Crippen LogP contribution in [0.2, 0.25) is 0 Å². The lowest BCUT2D eigenvalue weighted by molar-refractivity contribution is -0.133. The van der Waals surface area contributed by atoms with Crippen LogP contribution in [-0.2, 0) is 54.1 Å². The quantitative estimate of drug-likeness (QED) is 0.0342. The standard InChI is InChI=1S/C62H99N7O12/c1-37(2)21-26-48-61(14,81-48)52-51(78-15)47(27-28-62(52)36-79-62)80-57(77)67-44-24-22-43(23-25-44)66-49(71)33-63-53(73)45(29-38(3)4)69-54(74)46(30-42-19-17-16-18-20-42)68-50(72)34-65-55(75)59(11,12)40(7)31-60(13,35-58(9,10)39(5)6)56(76)64-32-41(8)70/h16-21,31,38-39,41,43-48,51-52,70H,22-30,32-36H2,1-15H3,(H,63,73)(H,64,76)(H,65,75)(H,66,71)(H,67,77)(H,68,72)(H,69,74)/b40-31+/t41?,43?,44?,45-,46-,47?,48+,51?,52?,60?,61?,62-/m0/s1. The van der Waals surface area contributed by atoms with Crippen LogP contribution in [0.5, 0.6) is 0 Å². The summed E-state index contributed by atoms with van der Waals surface area (Å²) < 4.78 is 24.5. The Labute approximate surface area is 482 Å². The van der Waals surface area contributed by atoms with Gasteiger partial charge in [0.05, 0.1) is 48.7 Å². The highest BCUT2D eigenvalue weighted by Gasteiger charge is 2.72. The van der Waals surface area contributed by atoms with E-state index in [-0.39, 0.29) is 78.8 Å². The van der Waals surface area contributed by atoms with E-state index in [1.807, 2.05) is 57.2 Å². The van der Waals surface area contributed by atoms with Crippen molar-refractivity contribution >= 4 is 41.5 Å². The molecule has 2 saturated heterocycles. The highest BCUT2D eigenvalue weighted by Crippen LogP contribution is 2.59. The number of amides is 7. The van der Waals surface area contributed by atoms with Gasteiger partial charge in [-0.2, -0.15) is 0 Å². The number of hydrogen-bond donors (Lipinski definition) is 8. The van der Waals surface area contributed by atoms with Crippen molar-refractivity contribution in [2.75, 3.05) is 33.4 Å². The van der Waals surface area contributed by atoms with Gasteiger partial charge in [0.2, 0.25) is 35.4 Å². The molecule has 454 valence electrons. The summed E-state index contributed by atoms with van der Waals surface area (Å²) in [6.07, 6.45) is 7.28. The lowest BCUT2D eigenvalue weighted by Gasteiger charge is -2.42. The lowest BCUT2D eigenvalue weighted by atomic mass is 9.66. The van der Waals surface area contributed by atoms with Crippen LogP contribution >= 0.6 is 0 Å².